The number of phenolic OH excluding ortho intramolecular Hbond substituents is 1. The van der Waals surface area contributed by atoms with Gasteiger partial charge in [0.25, 0.3) is 6.43 Å². The number of phenols is 1. The van der Waals surface area contributed by atoms with Crippen LogP contribution in [0.1, 0.15) is 11.7 Å². The highest BCUT2D eigenvalue weighted by molar-refractivity contribution is 5.57. The molecule has 6 nitrogen and oxygen atoms in total. The molecule has 0 saturated carbocycles. The monoisotopic (exact) mass is 249 g/mol. The van der Waals surface area contributed by atoms with Crippen molar-refractivity contribution in [2.45, 2.75) is 12.5 Å². The van der Waals surface area contributed by atoms with E-state index >= 15 is 0 Å². The van der Waals surface area contributed by atoms with E-state index in [2.05, 4.69) is 4.74 Å². The highest BCUT2D eigenvalue weighted by Gasteiger charge is 2.26. The Morgan fingerprint density at radius 1 is 1.47 bits per heavy atom. The summed E-state index contributed by atoms with van der Waals surface area (Å²) >= 11 is 0. The Kier molecular flexibility index (Phi) is 3.79. The van der Waals surface area contributed by atoms with E-state index in [0.717, 1.165) is 13.2 Å². The molecule has 1 unspecified atom stereocenters. The van der Waals surface area contributed by atoms with Crippen LogP contribution in [0, 0.1) is 10.1 Å². The Balaban J connectivity index is 3.34. The SMILES string of the molecule is COc1cc(C(O)C(F)F)cc([N+](=O)[O-])c1O. The molecule has 1 aromatic carbocycles. The van der Waals surface area contributed by atoms with Gasteiger partial charge in [-0.1, -0.05) is 0 Å². The van der Waals surface area contributed by atoms with Crippen LogP contribution in [0.5, 0.6) is 11.5 Å². The van der Waals surface area contributed by atoms with E-state index in [9.17, 15) is 24.0 Å². The summed E-state index contributed by atoms with van der Waals surface area (Å²) in [7, 11) is 1.11. The number of methoxy groups -OCH3 is 1. The van der Waals surface area contributed by atoms with Gasteiger partial charge in [-0.05, 0) is 11.6 Å². The zero-order valence-electron chi connectivity index (χ0n) is 8.63. The first kappa shape index (κ1) is 13.1. The minimum atomic E-state index is -3.09. The first-order valence-electron chi connectivity index (χ1n) is 4.40. The van der Waals surface area contributed by atoms with E-state index in [4.69, 9.17) is 5.11 Å². The summed E-state index contributed by atoms with van der Waals surface area (Å²) in [6.45, 7) is 0. The van der Waals surface area contributed by atoms with E-state index in [1.165, 1.54) is 0 Å². The van der Waals surface area contributed by atoms with Gasteiger partial charge in [0.15, 0.2) is 5.75 Å². The van der Waals surface area contributed by atoms with Crippen molar-refractivity contribution >= 4 is 5.69 Å². The summed E-state index contributed by atoms with van der Waals surface area (Å²) in [5.41, 5.74) is -1.21. The largest absolute Gasteiger partial charge is 0.500 e. The number of hydrogen-bond donors (Lipinski definition) is 2. The van der Waals surface area contributed by atoms with Crippen molar-refractivity contribution in [3.05, 3.63) is 27.8 Å². The number of nitro benzene ring substituents is 1. The number of benzene rings is 1. The molecular weight excluding hydrogens is 240 g/mol. The number of ether oxygens (including phenoxy) is 1. The van der Waals surface area contributed by atoms with Gasteiger partial charge in [-0.15, -0.1) is 0 Å². The second kappa shape index (κ2) is 4.91. The maximum Gasteiger partial charge on any atom is 0.315 e. The molecule has 17 heavy (non-hydrogen) atoms. The molecule has 0 aliphatic rings. The normalized spacial score (nSPS) is 12.5. The standard InChI is InChI=1S/C9H9F2NO5/c1-17-6-3-4(7(13)9(10)11)2-5(8(6)14)12(15)16/h2-3,7,9,13-14H,1H3. The first-order chi connectivity index (χ1) is 7.88. The second-order valence-corrected chi connectivity index (χ2v) is 3.13. The van der Waals surface area contributed by atoms with Gasteiger partial charge in [0.2, 0.25) is 5.75 Å². The number of aliphatic hydroxyl groups excluding tert-OH is 1. The Hall–Kier alpha value is -1.96. The quantitative estimate of drug-likeness (QED) is 0.624. The second-order valence-electron chi connectivity index (χ2n) is 3.13. The number of halogens is 2. The zero-order chi connectivity index (χ0) is 13.2. The van der Waals surface area contributed by atoms with Crippen LogP contribution in [0.2, 0.25) is 0 Å². The van der Waals surface area contributed by atoms with Crippen molar-refractivity contribution in [3.63, 3.8) is 0 Å². The van der Waals surface area contributed by atoms with Gasteiger partial charge >= 0.3 is 5.69 Å². The lowest BCUT2D eigenvalue weighted by molar-refractivity contribution is -0.386. The Bertz CT molecular complexity index is 438. The number of alkyl halides is 2. The van der Waals surface area contributed by atoms with Crippen molar-refractivity contribution < 1.29 is 28.7 Å². The van der Waals surface area contributed by atoms with Crippen molar-refractivity contribution in [3.8, 4) is 11.5 Å². The molecule has 2 N–H and O–H groups in total. The fourth-order valence-electron chi connectivity index (χ4n) is 1.22. The molecule has 0 aliphatic carbocycles. The summed E-state index contributed by atoms with van der Waals surface area (Å²) < 4.78 is 29.1. The molecule has 0 fully saturated rings. The number of nitro groups is 1. The van der Waals surface area contributed by atoms with E-state index < -0.39 is 34.5 Å². The van der Waals surface area contributed by atoms with Crippen LogP contribution in [0.15, 0.2) is 12.1 Å². The number of hydrogen-bond acceptors (Lipinski definition) is 5. The molecule has 1 aromatic rings. The zero-order valence-corrected chi connectivity index (χ0v) is 8.63. The molecule has 0 saturated heterocycles. The third kappa shape index (κ3) is 2.59. The predicted octanol–water partition coefficient (Wildman–Crippen LogP) is 1.61. The van der Waals surface area contributed by atoms with Gasteiger partial charge in [0.1, 0.15) is 6.10 Å². The molecule has 0 bridgehead atoms. The topological polar surface area (TPSA) is 92.8 Å². The fourth-order valence-corrected chi connectivity index (χ4v) is 1.22. The molecular formula is C9H9F2NO5. The van der Waals surface area contributed by atoms with Crippen LogP contribution in [-0.2, 0) is 0 Å². The molecule has 0 heterocycles. The average molecular weight is 249 g/mol. The molecule has 0 spiro atoms. The smallest absolute Gasteiger partial charge is 0.315 e. The lowest BCUT2D eigenvalue weighted by Gasteiger charge is -2.12. The van der Waals surface area contributed by atoms with E-state index in [0.29, 0.717) is 6.07 Å². The third-order valence-electron chi connectivity index (χ3n) is 2.07. The van der Waals surface area contributed by atoms with Crippen LogP contribution in [0.4, 0.5) is 14.5 Å². The van der Waals surface area contributed by atoms with Crippen LogP contribution >= 0.6 is 0 Å². The molecule has 94 valence electrons. The summed E-state index contributed by atoms with van der Waals surface area (Å²) in [4.78, 5) is 9.60. The molecule has 0 amide bonds. The van der Waals surface area contributed by atoms with Crippen molar-refractivity contribution in [2.75, 3.05) is 7.11 Å². The maximum absolute atomic E-state index is 12.3. The highest BCUT2D eigenvalue weighted by Crippen LogP contribution is 2.39. The summed E-state index contributed by atoms with van der Waals surface area (Å²) in [5, 5.41) is 29.0. The number of aromatic hydroxyl groups is 1. The van der Waals surface area contributed by atoms with Crippen molar-refractivity contribution in [1.82, 2.24) is 0 Å². The molecule has 0 aliphatic heterocycles. The molecule has 0 aromatic heterocycles. The van der Waals surface area contributed by atoms with E-state index in [1.54, 1.807) is 0 Å². The molecule has 0 radical (unpaired) electrons. The Morgan fingerprint density at radius 2 is 2.06 bits per heavy atom. The van der Waals surface area contributed by atoms with Crippen LogP contribution in [-0.4, -0.2) is 28.7 Å². The van der Waals surface area contributed by atoms with E-state index in [-0.39, 0.29) is 5.75 Å². The summed E-state index contributed by atoms with van der Waals surface area (Å²) in [5.74, 6) is -1.13. The van der Waals surface area contributed by atoms with Gasteiger partial charge < -0.3 is 14.9 Å². The predicted molar refractivity (Wildman–Crippen MR) is 52.3 cm³/mol. The minimum Gasteiger partial charge on any atom is -0.500 e. The van der Waals surface area contributed by atoms with Crippen LogP contribution in [0.25, 0.3) is 0 Å². The van der Waals surface area contributed by atoms with Crippen LogP contribution in [0.3, 0.4) is 0 Å². The summed E-state index contributed by atoms with van der Waals surface area (Å²) in [6, 6.07) is 1.59. The first-order valence-corrected chi connectivity index (χ1v) is 4.40. The highest BCUT2D eigenvalue weighted by atomic mass is 19.3. The number of rotatable bonds is 4. The molecule has 8 heteroatoms. The Morgan fingerprint density at radius 3 is 2.47 bits per heavy atom. The lowest BCUT2D eigenvalue weighted by atomic mass is 10.1. The molecule has 1 rings (SSSR count). The van der Waals surface area contributed by atoms with Gasteiger partial charge in [-0.25, -0.2) is 8.78 Å². The van der Waals surface area contributed by atoms with Gasteiger partial charge in [0, 0.05) is 6.07 Å². The maximum atomic E-state index is 12.3. The lowest BCUT2D eigenvalue weighted by Crippen LogP contribution is -2.08. The fraction of sp³-hybridized carbons (Fsp3) is 0.333. The van der Waals surface area contributed by atoms with Crippen molar-refractivity contribution in [2.24, 2.45) is 0 Å². The van der Waals surface area contributed by atoms with E-state index in [1.807, 2.05) is 0 Å². The van der Waals surface area contributed by atoms with Gasteiger partial charge in [0.05, 0.1) is 12.0 Å². The Labute approximate surface area is 94.2 Å². The average Bonchev–Trinajstić information content (AvgIpc) is 2.27. The number of nitrogens with zero attached hydrogens (tertiary/aromatic N) is 1. The number of aliphatic hydroxyl groups is 1. The van der Waals surface area contributed by atoms with Crippen molar-refractivity contribution in [1.29, 1.82) is 0 Å². The summed E-state index contributed by atoms with van der Waals surface area (Å²) in [6.07, 6.45) is -5.27. The van der Waals surface area contributed by atoms with Gasteiger partial charge in [-0.3, -0.25) is 10.1 Å². The molecule has 1 atom stereocenters. The minimum absolute atomic E-state index is 0.353. The van der Waals surface area contributed by atoms with Gasteiger partial charge in [-0.2, -0.15) is 0 Å². The third-order valence-corrected chi connectivity index (χ3v) is 2.07. The van der Waals surface area contributed by atoms with Crippen LogP contribution < -0.4 is 4.74 Å².